The van der Waals surface area contributed by atoms with Gasteiger partial charge in [0, 0.05) is 11.4 Å². The van der Waals surface area contributed by atoms with E-state index in [1.165, 1.54) is 11.3 Å². The number of carbonyl (C=O) groups is 1. The summed E-state index contributed by atoms with van der Waals surface area (Å²) in [6, 6.07) is 9.32. The molecular weight excluding hydrogens is 258 g/mol. The van der Waals surface area contributed by atoms with Crippen LogP contribution in [0.25, 0.3) is 0 Å². The topological polar surface area (TPSA) is 68.0 Å². The second-order valence-corrected chi connectivity index (χ2v) is 5.37. The van der Waals surface area contributed by atoms with Crippen LogP contribution in [0.2, 0.25) is 0 Å². The van der Waals surface area contributed by atoms with Crippen LogP contribution in [0.5, 0.6) is 0 Å². The highest BCUT2D eigenvalue weighted by Crippen LogP contribution is 2.22. The fraction of sp³-hybridized carbons (Fsp3) is 0.286. The first kappa shape index (κ1) is 13.7. The van der Waals surface area contributed by atoms with Crippen LogP contribution in [-0.2, 0) is 4.79 Å². The third-order valence-corrected chi connectivity index (χ3v) is 3.86. The minimum Gasteiger partial charge on any atom is -0.323 e. The number of anilines is 1. The van der Waals surface area contributed by atoms with Gasteiger partial charge in [-0.15, -0.1) is 11.3 Å². The SMILES string of the molecule is Cc1csc(NC(=O)C(C)C(N)c2ccccc2)n1. The van der Waals surface area contributed by atoms with Crippen LogP contribution in [0.3, 0.4) is 0 Å². The van der Waals surface area contributed by atoms with E-state index in [0.717, 1.165) is 11.3 Å². The van der Waals surface area contributed by atoms with Crippen LogP contribution < -0.4 is 11.1 Å². The molecule has 4 nitrogen and oxygen atoms in total. The van der Waals surface area contributed by atoms with Crippen molar-refractivity contribution in [3.05, 3.63) is 47.0 Å². The van der Waals surface area contributed by atoms with E-state index in [1.54, 1.807) is 0 Å². The van der Waals surface area contributed by atoms with E-state index in [2.05, 4.69) is 10.3 Å². The lowest BCUT2D eigenvalue weighted by molar-refractivity contribution is -0.120. The number of carbonyl (C=O) groups excluding carboxylic acids is 1. The Kier molecular flexibility index (Phi) is 4.29. The van der Waals surface area contributed by atoms with Gasteiger partial charge in [-0.3, -0.25) is 4.79 Å². The van der Waals surface area contributed by atoms with Crippen molar-refractivity contribution >= 4 is 22.4 Å². The fourth-order valence-corrected chi connectivity index (χ4v) is 2.45. The summed E-state index contributed by atoms with van der Waals surface area (Å²) in [5.41, 5.74) is 7.98. The summed E-state index contributed by atoms with van der Waals surface area (Å²) < 4.78 is 0. The lowest BCUT2D eigenvalue weighted by Gasteiger charge is -2.19. The van der Waals surface area contributed by atoms with Gasteiger partial charge in [0.25, 0.3) is 0 Å². The van der Waals surface area contributed by atoms with Gasteiger partial charge in [-0.1, -0.05) is 37.3 Å². The number of benzene rings is 1. The summed E-state index contributed by atoms with van der Waals surface area (Å²) >= 11 is 1.42. The zero-order valence-electron chi connectivity index (χ0n) is 11.0. The van der Waals surface area contributed by atoms with Crippen molar-refractivity contribution in [2.45, 2.75) is 19.9 Å². The summed E-state index contributed by atoms with van der Waals surface area (Å²) in [4.78, 5) is 16.3. The number of hydrogen-bond acceptors (Lipinski definition) is 4. The third kappa shape index (κ3) is 3.39. The minimum absolute atomic E-state index is 0.106. The molecule has 0 spiro atoms. The van der Waals surface area contributed by atoms with Crippen molar-refractivity contribution in [1.29, 1.82) is 0 Å². The van der Waals surface area contributed by atoms with E-state index in [9.17, 15) is 4.79 Å². The van der Waals surface area contributed by atoms with Crippen molar-refractivity contribution in [2.75, 3.05) is 5.32 Å². The van der Waals surface area contributed by atoms with E-state index < -0.39 is 0 Å². The molecule has 0 saturated carbocycles. The zero-order chi connectivity index (χ0) is 13.8. The molecule has 1 aromatic carbocycles. The highest BCUT2D eigenvalue weighted by molar-refractivity contribution is 7.13. The minimum atomic E-state index is -0.317. The molecule has 2 atom stereocenters. The van der Waals surface area contributed by atoms with Crippen LogP contribution in [0.4, 0.5) is 5.13 Å². The number of hydrogen-bond donors (Lipinski definition) is 2. The molecule has 19 heavy (non-hydrogen) atoms. The van der Waals surface area contributed by atoms with Crippen LogP contribution in [0.1, 0.15) is 24.2 Å². The van der Waals surface area contributed by atoms with Crippen LogP contribution in [0.15, 0.2) is 35.7 Å². The summed E-state index contributed by atoms with van der Waals surface area (Å²) in [5, 5.41) is 5.32. The van der Waals surface area contributed by atoms with Crippen LogP contribution in [0, 0.1) is 12.8 Å². The lowest BCUT2D eigenvalue weighted by Crippen LogP contribution is -2.30. The number of aromatic nitrogens is 1. The first-order chi connectivity index (χ1) is 9.08. The van der Waals surface area contributed by atoms with E-state index >= 15 is 0 Å². The Hall–Kier alpha value is -1.72. The van der Waals surface area contributed by atoms with E-state index in [0.29, 0.717) is 5.13 Å². The summed E-state index contributed by atoms with van der Waals surface area (Å²) in [6.45, 7) is 3.72. The summed E-state index contributed by atoms with van der Waals surface area (Å²) in [6.07, 6.45) is 0. The van der Waals surface area contributed by atoms with Gasteiger partial charge < -0.3 is 11.1 Å². The molecule has 1 heterocycles. The maximum atomic E-state index is 12.1. The molecule has 1 amide bonds. The fourth-order valence-electron chi connectivity index (χ4n) is 1.76. The van der Waals surface area contributed by atoms with Crippen molar-refractivity contribution in [3.63, 3.8) is 0 Å². The molecule has 5 heteroatoms. The van der Waals surface area contributed by atoms with Gasteiger partial charge >= 0.3 is 0 Å². The largest absolute Gasteiger partial charge is 0.323 e. The highest BCUT2D eigenvalue weighted by atomic mass is 32.1. The van der Waals surface area contributed by atoms with Crippen LogP contribution >= 0.6 is 11.3 Å². The molecule has 0 aliphatic rings. The highest BCUT2D eigenvalue weighted by Gasteiger charge is 2.22. The number of nitrogens with zero attached hydrogens (tertiary/aromatic N) is 1. The molecule has 0 saturated heterocycles. The molecule has 2 unspecified atom stereocenters. The van der Waals surface area contributed by atoms with Gasteiger partial charge in [-0.2, -0.15) is 0 Å². The predicted octanol–water partition coefficient (Wildman–Crippen LogP) is 2.73. The second kappa shape index (κ2) is 5.95. The van der Waals surface area contributed by atoms with Gasteiger partial charge in [0.15, 0.2) is 5.13 Å². The summed E-state index contributed by atoms with van der Waals surface area (Å²) in [5.74, 6) is -0.419. The molecule has 0 aliphatic heterocycles. The molecule has 2 rings (SSSR count). The Labute approximate surface area is 116 Å². The van der Waals surface area contributed by atoms with Crippen molar-refractivity contribution in [1.82, 2.24) is 4.98 Å². The Morgan fingerprint density at radius 1 is 1.37 bits per heavy atom. The first-order valence-electron chi connectivity index (χ1n) is 6.11. The molecule has 0 fully saturated rings. The monoisotopic (exact) mass is 275 g/mol. The molecule has 100 valence electrons. The number of rotatable bonds is 4. The number of aryl methyl sites for hydroxylation is 1. The Balaban J connectivity index is 2.03. The van der Waals surface area contributed by atoms with E-state index in [4.69, 9.17) is 5.73 Å². The third-order valence-electron chi connectivity index (χ3n) is 2.99. The van der Waals surface area contributed by atoms with Crippen molar-refractivity contribution in [3.8, 4) is 0 Å². The maximum absolute atomic E-state index is 12.1. The van der Waals surface area contributed by atoms with E-state index in [1.807, 2.05) is 49.6 Å². The second-order valence-electron chi connectivity index (χ2n) is 4.51. The van der Waals surface area contributed by atoms with Gasteiger partial charge in [0.05, 0.1) is 11.6 Å². The number of nitrogens with two attached hydrogens (primary N) is 1. The zero-order valence-corrected chi connectivity index (χ0v) is 11.8. The van der Waals surface area contributed by atoms with E-state index in [-0.39, 0.29) is 17.9 Å². The summed E-state index contributed by atoms with van der Waals surface area (Å²) in [7, 11) is 0. The Morgan fingerprint density at radius 3 is 2.63 bits per heavy atom. The van der Waals surface area contributed by atoms with Gasteiger partial charge in [-0.05, 0) is 12.5 Å². The average Bonchev–Trinajstić information content (AvgIpc) is 2.83. The first-order valence-corrected chi connectivity index (χ1v) is 6.99. The van der Waals surface area contributed by atoms with Crippen LogP contribution in [-0.4, -0.2) is 10.9 Å². The molecule has 1 aromatic heterocycles. The quantitative estimate of drug-likeness (QED) is 0.901. The Bertz CT molecular complexity index is 553. The molecular formula is C14H17N3OS. The Morgan fingerprint density at radius 2 is 2.05 bits per heavy atom. The van der Waals surface area contributed by atoms with Gasteiger partial charge in [0.1, 0.15) is 0 Å². The molecule has 2 aromatic rings. The predicted molar refractivity (Wildman–Crippen MR) is 78.0 cm³/mol. The molecule has 0 radical (unpaired) electrons. The number of nitrogens with one attached hydrogen (secondary N) is 1. The lowest BCUT2D eigenvalue weighted by atomic mass is 9.95. The smallest absolute Gasteiger partial charge is 0.230 e. The van der Waals surface area contributed by atoms with Crippen molar-refractivity contribution < 1.29 is 4.79 Å². The normalized spacial score (nSPS) is 13.8. The molecule has 3 N–H and O–H groups in total. The van der Waals surface area contributed by atoms with Crippen molar-refractivity contribution in [2.24, 2.45) is 11.7 Å². The van der Waals surface area contributed by atoms with Gasteiger partial charge in [-0.25, -0.2) is 4.98 Å². The molecule has 0 aliphatic carbocycles. The van der Waals surface area contributed by atoms with Gasteiger partial charge in [0.2, 0.25) is 5.91 Å². The number of amides is 1. The number of thiazole rings is 1. The standard InChI is InChI=1S/C14H17N3OS/c1-9-8-19-14(16-9)17-13(18)10(2)12(15)11-6-4-3-5-7-11/h3-8,10,12H,15H2,1-2H3,(H,16,17,18). The average molecular weight is 275 g/mol. The molecule has 0 bridgehead atoms. The maximum Gasteiger partial charge on any atom is 0.230 e.